The van der Waals surface area contributed by atoms with Gasteiger partial charge in [0.1, 0.15) is 0 Å². The largest absolute Gasteiger partial charge is 0.313 e. The third-order valence-electron chi connectivity index (χ3n) is 4.54. The van der Waals surface area contributed by atoms with Crippen LogP contribution >= 0.6 is 0 Å². The molecule has 0 saturated heterocycles. The van der Waals surface area contributed by atoms with E-state index < -0.39 is 0 Å². The molecule has 1 N–H and O–H groups in total. The summed E-state index contributed by atoms with van der Waals surface area (Å²) in [7, 11) is 0. The first-order valence-electron chi connectivity index (χ1n) is 7.33. The van der Waals surface area contributed by atoms with Crippen LogP contribution in [0.1, 0.15) is 72.6 Å². The van der Waals surface area contributed by atoms with Crippen LogP contribution in [0.5, 0.6) is 0 Å². The van der Waals surface area contributed by atoms with Crippen molar-refractivity contribution < 1.29 is 0 Å². The highest BCUT2D eigenvalue weighted by Gasteiger charge is 2.30. The molecule has 1 rings (SSSR count). The molecule has 1 aliphatic carbocycles. The molecule has 0 amide bonds. The molecule has 0 aromatic heterocycles. The fraction of sp³-hybridized carbons (Fsp3) is 1.00. The molecule has 0 radical (unpaired) electrons. The average Bonchev–Trinajstić information content (AvgIpc) is 2.76. The highest BCUT2D eigenvalue weighted by Crippen LogP contribution is 2.35. The SMILES string of the molecule is CCCNC(CC1CCCC1)C(C)(C)CC. The molecule has 1 fully saturated rings. The molecule has 96 valence electrons. The van der Waals surface area contributed by atoms with Gasteiger partial charge in [0.15, 0.2) is 0 Å². The first kappa shape index (κ1) is 14.0. The van der Waals surface area contributed by atoms with E-state index in [1.165, 1.54) is 51.5 Å². The second-order valence-corrected chi connectivity index (χ2v) is 6.24. The van der Waals surface area contributed by atoms with Gasteiger partial charge >= 0.3 is 0 Å². The van der Waals surface area contributed by atoms with Gasteiger partial charge in [0.05, 0.1) is 0 Å². The van der Waals surface area contributed by atoms with E-state index in [-0.39, 0.29) is 0 Å². The van der Waals surface area contributed by atoms with E-state index >= 15 is 0 Å². The van der Waals surface area contributed by atoms with Crippen LogP contribution in [0.2, 0.25) is 0 Å². The van der Waals surface area contributed by atoms with Crippen molar-refractivity contribution in [2.45, 2.75) is 78.7 Å². The Bertz CT molecular complexity index is 180. The van der Waals surface area contributed by atoms with Gasteiger partial charge in [-0.1, -0.05) is 53.4 Å². The fourth-order valence-corrected chi connectivity index (χ4v) is 2.82. The molecule has 0 bridgehead atoms. The van der Waals surface area contributed by atoms with E-state index in [4.69, 9.17) is 0 Å². The highest BCUT2D eigenvalue weighted by atomic mass is 14.9. The number of hydrogen-bond acceptors (Lipinski definition) is 1. The molecule has 0 aromatic rings. The zero-order chi connectivity index (χ0) is 12.0. The van der Waals surface area contributed by atoms with Crippen LogP contribution in [0.3, 0.4) is 0 Å². The maximum Gasteiger partial charge on any atom is 0.0121 e. The zero-order valence-electron chi connectivity index (χ0n) is 11.8. The molecule has 0 aliphatic heterocycles. The average molecular weight is 225 g/mol. The quantitative estimate of drug-likeness (QED) is 0.678. The van der Waals surface area contributed by atoms with Crippen molar-refractivity contribution in [2.75, 3.05) is 6.54 Å². The minimum Gasteiger partial charge on any atom is -0.313 e. The Labute approximate surface area is 102 Å². The Balaban J connectivity index is 2.48. The normalized spacial score (nSPS) is 20.2. The summed E-state index contributed by atoms with van der Waals surface area (Å²) in [6.45, 7) is 10.6. The smallest absolute Gasteiger partial charge is 0.0121 e. The number of nitrogens with one attached hydrogen (secondary N) is 1. The maximum atomic E-state index is 3.79. The van der Waals surface area contributed by atoms with Crippen LogP contribution in [-0.2, 0) is 0 Å². The Hall–Kier alpha value is -0.0400. The molecule has 0 heterocycles. The number of rotatable bonds is 7. The summed E-state index contributed by atoms with van der Waals surface area (Å²) in [5.74, 6) is 1.00. The van der Waals surface area contributed by atoms with Crippen molar-refractivity contribution in [2.24, 2.45) is 11.3 Å². The maximum absolute atomic E-state index is 3.79. The van der Waals surface area contributed by atoms with E-state index in [1.807, 2.05) is 0 Å². The highest BCUT2D eigenvalue weighted by molar-refractivity contribution is 4.86. The summed E-state index contributed by atoms with van der Waals surface area (Å²) in [4.78, 5) is 0. The van der Waals surface area contributed by atoms with Crippen LogP contribution in [0.25, 0.3) is 0 Å². The number of hydrogen-bond donors (Lipinski definition) is 1. The lowest BCUT2D eigenvalue weighted by atomic mass is 9.77. The van der Waals surface area contributed by atoms with Gasteiger partial charge in [-0.15, -0.1) is 0 Å². The van der Waals surface area contributed by atoms with Crippen LogP contribution < -0.4 is 5.32 Å². The van der Waals surface area contributed by atoms with E-state index in [9.17, 15) is 0 Å². The molecule has 1 heteroatoms. The topological polar surface area (TPSA) is 12.0 Å². The minimum absolute atomic E-state index is 0.456. The van der Waals surface area contributed by atoms with E-state index in [0.29, 0.717) is 5.41 Å². The fourth-order valence-electron chi connectivity index (χ4n) is 2.82. The molecule has 16 heavy (non-hydrogen) atoms. The summed E-state index contributed by atoms with van der Waals surface area (Å²) >= 11 is 0. The Morgan fingerprint density at radius 2 is 1.81 bits per heavy atom. The predicted molar refractivity (Wildman–Crippen MR) is 72.7 cm³/mol. The van der Waals surface area contributed by atoms with Crippen LogP contribution in [0.15, 0.2) is 0 Å². The lowest BCUT2D eigenvalue weighted by Crippen LogP contribution is -2.43. The van der Waals surface area contributed by atoms with E-state index in [2.05, 4.69) is 33.0 Å². The van der Waals surface area contributed by atoms with Gasteiger partial charge in [0.2, 0.25) is 0 Å². The molecular formula is C15H31N. The summed E-state index contributed by atoms with van der Waals surface area (Å²) in [6.07, 6.45) is 9.83. The summed E-state index contributed by atoms with van der Waals surface area (Å²) in [5.41, 5.74) is 0.456. The molecule has 1 atom stereocenters. The first-order chi connectivity index (χ1) is 7.60. The Morgan fingerprint density at radius 3 is 2.31 bits per heavy atom. The zero-order valence-corrected chi connectivity index (χ0v) is 11.8. The van der Waals surface area contributed by atoms with Gasteiger partial charge in [0, 0.05) is 6.04 Å². The van der Waals surface area contributed by atoms with Gasteiger partial charge < -0.3 is 5.32 Å². The van der Waals surface area contributed by atoms with Crippen LogP contribution in [0, 0.1) is 11.3 Å². The van der Waals surface area contributed by atoms with Crippen molar-refractivity contribution in [3.05, 3.63) is 0 Å². The van der Waals surface area contributed by atoms with Crippen molar-refractivity contribution >= 4 is 0 Å². The van der Waals surface area contributed by atoms with Crippen LogP contribution in [-0.4, -0.2) is 12.6 Å². The van der Waals surface area contributed by atoms with Gasteiger partial charge in [-0.3, -0.25) is 0 Å². The van der Waals surface area contributed by atoms with Crippen molar-refractivity contribution in [1.29, 1.82) is 0 Å². The lowest BCUT2D eigenvalue weighted by molar-refractivity contribution is 0.197. The Kier molecular flexibility index (Phi) is 5.82. The van der Waals surface area contributed by atoms with E-state index in [1.54, 1.807) is 0 Å². The summed E-state index contributed by atoms with van der Waals surface area (Å²) in [5, 5.41) is 3.79. The van der Waals surface area contributed by atoms with Crippen molar-refractivity contribution in [3.63, 3.8) is 0 Å². The second-order valence-electron chi connectivity index (χ2n) is 6.24. The monoisotopic (exact) mass is 225 g/mol. The van der Waals surface area contributed by atoms with Gasteiger partial charge in [-0.25, -0.2) is 0 Å². The van der Waals surface area contributed by atoms with Gasteiger partial charge in [-0.05, 0) is 37.1 Å². The van der Waals surface area contributed by atoms with Crippen molar-refractivity contribution in [1.82, 2.24) is 5.32 Å². The lowest BCUT2D eigenvalue weighted by Gasteiger charge is -2.36. The third kappa shape index (κ3) is 4.08. The molecule has 1 saturated carbocycles. The summed E-state index contributed by atoms with van der Waals surface area (Å²) < 4.78 is 0. The molecule has 1 unspecified atom stereocenters. The molecule has 0 spiro atoms. The molecule has 1 aliphatic rings. The van der Waals surface area contributed by atoms with Gasteiger partial charge in [0.25, 0.3) is 0 Å². The summed E-state index contributed by atoms with van der Waals surface area (Å²) in [6, 6.07) is 0.723. The minimum atomic E-state index is 0.456. The van der Waals surface area contributed by atoms with E-state index in [0.717, 1.165) is 12.0 Å². The predicted octanol–water partition coefficient (Wildman–Crippen LogP) is 4.37. The molecular weight excluding hydrogens is 194 g/mol. The van der Waals surface area contributed by atoms with Crippen LogP contribution in [0.4, 0.5) is 0 Å². The van der Waals surface area contributed by atoms with Crippen molar-refractivity contribution in [3.8, 4) is 0 Å². The molecule has 1 nitrogen and oxygen atoms in total. The molecule has 0 aromatic carbocycles. The standard InChI is InChI=1S/C15H31N/c1-5-11-16-14(15(3,4)6-2)12-13-9-7-8-10-13/h13-14,16H,5-12H2,1-4H3. The third-order valence-corrected chi connectivity index (χ3v) is 4.54. The second kappa shape index (κ2) is 6.64. The van der Waals surface area contributed by atoms with Gasteiger partial charge in [-0.2, -0.15) is 0 Å². The Morgan fingerprint density at radius 1 is 1.19 bits per heavy atom. The first-order valence-corrected chi connectivity index (χ1v) is 7.33.